The Morgan fingerprint density at radius 3 is 2.48 bits per heavy atom. The van der Waals surface area contributed by atoms with Crippen LogP contribution in [0.1, 0.15) is 32.3 Å². The van der Waals surface area contributed by atoms with Crippen molar-refractivity contribution in [2.75, 3.05) is 0 Å². The van der Waals surface area contributed by atoms with E-state index in [0.717, 1.165) is 23.2 Å². The van der Waals surface area contributed by atoms with Crippen LogP contribution < -0.4 is 28.5 Å². The molecule has 0 unspecified atom stereocenters. The third-order valence-electron chi connectivity index (χ3n) is 3.58. The number of hydrogen-bond acceptors (Lipinski definition) is 2. The molecule has 4 heteroatoms. The molecule has 0 aliphatic heterocycles. The molecule has 0 fully saturated rings. The summed E-state index contributed by atoms with van der Waals surface area (Å²) in [5.41, 5.74) is 4.07. The van der Waals surface area contributed by atoms with Gasteiger partial charge in [0.1, 0.15) is 12.1 Å². The van der Waals surface area contributed by atoms with E-state index in [1.165, 1.54) is 5.56 Å². The lowest BCUT2D eigenvalue weighted by atomic mass is 10.0. The van der Waals surface area contributed by atoms with E-state index in [1.807, 2.05) is 30.6 Å². The normalized spacial score (nSPS) is 10.9. The van der Waals surface area contributed by atoms with Gasteiger partial charge in [0.05, 0.1) is 0 Å². The van der Waals surface area contributed by atoms with Gasteiger partial charge < -0.3 is 28.4 Å². The highest BCUT2D eigenvalue weighted by Crippen LogP contribution is 2.26. The topological polar surface area (TPSA) is 29.9 Å². The van der Waals surface area contributed by atoms with Crippen LogP contribution in [0.3, 0.4) is 0 Å². The zero-order valence-electron chi connectivity index (χ0n) is 12.5. The lowest BCUT2D eigenvalue weighted by molar-refractivity contribution is -0.693. The van der Waals surface area contributed by atoms with Crippen LogP contribution in [-0.2, 0) is 6.54 Å². The van der Waals surface area contributed by atoms with Crippen molar-refractivity contribution in [3.8, 4) is 11.5 Å². The fourth-order valence-electron chi connectivity index (χ4n) is 2.24. The maximum Gasteiger partial charge on any atom is 0.227 e. The summed E-state index contributed by atoms with van der Waals surface area (Å²) in [4.78, 5) is 4.61. The molecule has 1 aromatic carbocycles. The summed E-state index contributed by atoms with van der Waals surface area (Å²) < 4.78 is 7.96. The number of pyridine rings is 1. The van der Waals surface area contributed by atoms with Gasteiger partial charge in [0.25, 0.3) is 0 Å². The highest BCUT2D eigenvalue weighted by molar-refractivity contribution is 5.76. The van der Waals surface area contributed by atoms with Gasteiger partial charge in [-0.25, -0.2) is 9.55 Å². The van der Waals surface area contributed by atoms with E-state index in [4.69, 9.17) is 4.42 Å². The van der Waals surface area contributed by atoms with Gasteiger partial charge >= 0.3 is 0 Å². The molecule has 0 saturated heterocycles. The molecule has 0 aliphatic carbocycles. The predicted molar refractivity (Wildman–Crippen MR) is 79.4 cm³/mol. The first kappa shape index (κ1) is 15.9. The SMILES string of the molecule is CC[n+]1ccc(-c2nc3cc(C(C)C)ccc3o2)cc1.[I-]. The molecular weight excluding hydrogens is 375 g/mol. The third-order valence-corrected chi connectivity index (χ3v) is 3.58. The minimum Gasteiger partial charge on any atom is -1.00 e. The second-order valence-corrected chi connectivity index (χ2v) is 5.32. The number of nitrogens with zero attached hydrogens (tertiary/aromatic N) is 2. The lowest BCUT2D eigenvalue weighted by Crippen LogP contribution is -3.00. The molecule has 0 radical (unpaired) electrons. The fraction of sp³-hybridized carbons (Fsp3) is 0.294. The first-order chi connectivity index (χ1) is 9.67. The minimum atomic E-state index is 0. The quantitative estimate of drug-likeness (QED) is 0.489. The Kier molecular flexibility index (Phi) is 4.98. The standard InChI is InChI=1S/C17H19N2O.HI/c1-4-19-9-7-13(8-10-19)17-18-15-11-14(12(2)3)5-6-16(15)20-17;/h5-12H,4H2,1-3H3;1H/q+1;/p-1. The molecule has 0 spiro atoms. The van der Waals surface area contributed by atoms with E-state index < -0.39 is 0 Å². The van der Waals surface area contributed by atoms with Crippen molar-refractivity contribution >= 4 is 11.1 Å². The molecule has 0 aliphatic rings. The van der Waals surface area contributed by atoms with Crippen LogP contribution in [0.15, 0.2) is 47.1 Å². The van der Waals surface area contributed by atoms with Crippen molar-refractivity contribution in [3.63, 3.8) is 0 Å². The fourth-order valence-corrected chi connectivity index (χ4v) is 2.24. The van der Waals surface area contributed by atoms with E-state index in [-0.39, 0.29) is 24.0 Å². The molecule has 3 rings (SSSR count). The summed E-state index contributed by atoms with van der Waals surface area (Å²) in [6, 6.07) is 10.3. The molecule has 110 valence electrons. The van der Waals surface area contributed by atoms with Crippen LogP contribution in [0.5, 0.6) is 0 Å². The molecule has 2 heterocycles. The number of aryl methyl sites for hydroxylation is 1. The van der Waals surface area contributed by atoms with E-state index in [1.54, 1.807) is 0 Å². The summed E-state index contributed by atoms with van der Waals surface area (Å²) >= 11 is 0. The molecule has 0 atom stereocenters. The summed E-state index contributed by atoms with van der Waals surface area (Å²) in [5, 5.41) is 0. The lowest BCUT2D eigenvalue weighted by Gasteiger charge is -2.02. The summed E-state index contributed by atoms with van der Waals surface area (Å²) in [6.45, 7) is 7.45. The van der Waals surface area contributed by atoms with Crippen LogP contribution in [0.25, 0.3) is 22.6 Å². The second-order valence-electron chi connectivity index (χ2n) is 5.32. The Bertz CT molecular complexity index is 732. The largest absolute Gasteiger partial charge is 1.00 e. The van der Waals surface area contributed by atoms with Crippen LogP contribution in [-0.4, -0.2) is 4.98 Å². The molecule has 3 aromatic rings. The molecule has 21 heavy (non-hydrogen) atoms. The van der Waals surface area contributed by atoms with Gasteiger partial charge in [0.2, 0.25) is 5.89 Å². The van der Waals surface area contributed by atoms with Crippen molar-refractivity contribution in [1.82, 2.24) is 4.98 Å². The highest BCUT2D eigenvalue weighted by Gasteiger charge is 2.11. The van der Waals surface area contributed by atoms with Crippen molar-refractivity contribution in [1.29, 1.82) is 0 Å². The van der Waals surface area contributed by atoms with Crippen molar-refractivity contribution in [2.45, 2.75) is 33.2 Å². The zero-order valence-corrected chi connectivity index (χ0v) is 14.7. The van der Waals surface area contributed by atoms with Crippen LogP contribution in [0.4, 0.5) is 0 Å². The van der Waals surface area contributed by atoms with E-state index in [2.05, 4.69) is 42.5 Å². The van der Waals surface area contributed by atoms with Gasteiger partial charge in [-0.15, -0.1) is 0 Å². The Morgan fingerprint density at radius 2 is 1.86 bits per heavy atom. The summed E-state index contributed by atoms with van der Waals surface area (Å²) in [6.07, 6.45) is 4.09. The van der Waals surface area contributed by atoms with E-state index in [9.17, 15) is 0 Å². The predicted octanol–water partition coefficient (Wildman–Crippen LogP) is 0.930. The Morgan fingerprint density at radius 1 is 1.14 bits per heavy atom. The molecule has 0 amide bonds. The first-order valence-corrected chi connectivity index (χ1v) is 7.07. The zero-order chi connectivity index (χ0) is 14.1. The van der Waals surface area contributed by atoms with Crippen LogP contribution in [0.2, 0.25) is 0 Å². The van der Waals surface area contributed by atoms with Gasteiger partial charge in [-0.1, -0.05) is 19.9 Å². The van der Waals surface area contributed by atoms with Gasteiger partial charge in [0.15, 0.2) is 18.0 Å². The third kappa shape index (κ3) is 3.26. The summed E-state index contributed by atoms with van der Waals surface area (Å²) in [7, 11) is 0. The molecule has 2 aromatic heterocycles. The highest BCUT2D eigenvalue weighted by atomic mass is 127. The number of hydrogen-bond donors (Lipinski definition) is 0. The number of benzene rings is 1. The molecule has 0 saturated carbocycles. The Labute approximate surface area is 142 Å². The van der Waals surface area contributed by atoms with Crippen molar-refractivity contribution in [3.05, 3.63) is 48.3 Å². The number of rotatable bonds is 3. The Balaban J connectivity index is 0.00000161. The van der Waals surface area contributed by atoms with Crippen LogP contribution >= 0.6 is 0 Å². The van der Waals surface area contributed by atoms with Gasteiger partial charge in [-0.3, -0.25) is 0 Å². The van der Waals surface area contributed by atoms with Gasteiger partial charge in [-0.05, 0) is 30.5 Å². The van der Waals surface area contributed by atoms with E-state index in [0.29, 0.717) is 11.8 Å². The first-order valence-electron chi connectivity index (χ1n) is 7.07. The monoisotopic (exact) mass is 394 g/mol. The molecule has 0 N–H and O–H groups in total. The number of aromatic nitrogens is 2. The van der Waals surface area contributed by atoms with E-state index >= 15 is 0 Å². The maximum absolute atomic E-state index is 5.84. The van der Waals surface area contributed by atoms with Crippen molar-refractivity contribution < 1.29 is 33.0 Å². The minimum absolute atomic E-state index is 0. The van der Waals surface area contributed by atoms with Gasteiger partial charge in [0, 0.05) is 17.7 Å². The molecule has 0 bridgehead atoms. The summed E-state index contributed by atoms with van der Waals surface area (Å²) in [5.74, 6) is 1.18. The Hall–Kier alpha value is -1.43. The number of oxazole rings is 1. The van der Waals surface area contributed by atoms with Gasteiger partial charge in [-0.2, -0.15) is 0 Å². The van der Waals surface area contributed by atoms with Crippen molar-refractivity contribution in [2.24, 2.45) is 0 Å². The number of fused-ring (bicyclic) bond motifs is 1. The van der Waals surface area contributed by atoms with Crippen LogP contribution in [0, 0.1) is 0 Å². The maximum atomic E-state index is 5.84. The molecular formula is C17H19IN2O. The smallest absolute Gasteiger partial charge is 0.227 e. The molecule has 3 nitrogen and oxygen atoms in total. The number of halogens is 1. The second kappa shape index (κ2) is 6.56. The average molecular weight is 394 g/mol. The average Bonchev–Trinajstić information content (AvgIpc) is 2.90.